The van der Waals surface area contributed by atoms with Crippen molar-refractivity contribution in [3.63, 3.8) is 0 Å². The molecular formula is C12H20N2O2. The number of hydrogen-bond acceptors (Lipinski definition) is 3. The molecule has 0 bridgehead atoms. The third kappa shape index (κ3) is 3.61. The van der Waals surface area contributed by atoms with E-state index >= 15 is 0 Å². The van der Waals surface area contributed by atoms with Crippen LogP contribution in [0.1, 0.15) is 34.1 Å². The van der Waals surface area contributed by atoms with Gasteiger partial charge in [0.25, 0.3) is 0 Å². The van der Waals surface area contributed by atoms with Crippen LogP contribution in [0.2, 0.25) is 0 Å². The fourth-order valence-corrected chi connectivity index (χ4v) is 1.50. The zero-order valence-corrected chi connectivity index (χ0v) is 10.3. The maximum atomic E-state index is 11.6. The van der Waals surface area contributed by atoms with Crippen LogP contribution in [-0.4, -0.2) is 11.7 Å². The Morgan fingerprint density at radius 2 is 2.19 bits per heavy atom. The molecule has 0 fully saturated rings. The van der Waals surface area contributed by atoms with Crippen molar-refractivity contribution in [2.75, 3.05) is 0 Å². The molecule has 4 heteroatoms. The molecule has 0 aromatic heterocycles. The number of hydrogen-bond donors (Lipinski definition) is 2. The summed E-state index contributed by atoms with van der Waals surface area (Å²) < 4.78 is 5.17. The van der Waals surface area contributed by atoms with Gasteiger partial charge in [0, 0.05) is 11.6 Å². The van der Waals surface area contributed by atoms with Gasteiger partial charge in [0.05, 0.1) is 5.70 Å². The number of carbonyl (C=O) groups excluding carboxylic acids is 1. The van der Waals surface area contributed by atoms with Crippen LogP contribution in [0, 0.1) is 5.92 Å². The molecule has 1 rings (SSSR count). The topological polar surface area (TPSA) is 64.3 Å². The fraction of sp³-hybridized carbons (Fsp3) is 0.583. The first-order valence-corrected chi connectivity index (χ1v) is 5.46. The van der Waals surface area contributed by atoms with E-state index in [4.69, 9.17) is 10.5 Å². The fourth-order valence-electron chi connectivity index (χ4n) is 1.50. The summed E-state index contributed by atoms with van der Waals surface area (Å²) in [5, 5.41) is 2.72. The Hall–Kier alpha value is -1.45. The second-order valence-corrected chi connectivity index (χ2v) is 5.04. The van der Waals surface area contributed by atoms with Crippen molar-refractivity contribution in [1.29, 1.82) is 0 Å². The van der Waals surface area contributed by atoms with Crippen LogP contribution in [0.3, 0.4) is 0 Å². The van der Waals surface area contributed by atoms with E-state index in [1.165, 1.54) is 0 Å². The van der Waals surface area contributed by atoms with Gasteiger partial charge in [-0.25, -0.2) is 4.79 Å². The molecule has 0 aromatic rings. The van der Waals surface area contributed by atoms with Crippen molar-refractivity contribution in [2.45, 2.75) is 39.7 Å². The van der Waals surface area contributed by atoms with Crippen LogP contribution in [-0.2, 0) is 4.74 Å². The van der Waals surface area contributed by atoms with E-state index in [2.05, 4.69) is 5.32 Å². The van der Waals surface area contributed by atoms with Gasteiger partial charge in [0.2, 0.25) is 0 Å². The molecule has 0 aromatic carbocycles. The van der Waals surface area contributed by atoms with Crippen LogP contribution in [0.25, 0.3) is 0 Å². The lowest BCUT2D eigenvalue weighted by atomic mass is 9.97. The van der Waals surface area contributed by atoms with E-state index in [1.807, 2.05) is 39.8 Å². The van der Waals surface area contributed by atoms with Crippen LogP contribution < -0.4 is 11.1 Å². The van der Waals surface area contributed by atoms with E-state index in [0.29, 0.717) is 5.70 Å². The Balaban J connectivity index is 2.66. The molecule has 16 heavy (non-hydrogen) atoms. The van der Waals surface area contributed by atoms with E-state index in [-0.39, 0.29) is 5.92 Å². The standard InChI is InChI=1S/C12H20N2O2/c1-8-6-5-7-9(13)10(8)14-11(15)16-12(2,3)4/h5,7-8H,6,13H2,1-4H3,(H,14,15). The average Bonchev–Trinajstić information content (AvgIpc) is 2.08. The van der Waals surface area contributed by atoms with Gasteiger partial charge < -0.3 is 10.5 Å². The molecule has 0 saturated heterocycles. The molecule has 0 saturated carbocycles. The maximum Gasteiger partial charge on any atom is 0.411 e. The molecule has 1 aliphatic carbocycles. The second-order valence-electron chi connectivity index (χ2n) is 5.04. The SMILES string of the molecule is CC1CC=CC(N)=C1NC(=O)OC(C)(C)C. The largest absolute Gasteiger partial charge is 0.444 e. The van der Waals surface area contributed by atoms with Crippen LogP contribution in [0.4, 0.5) is 4.79 Å². The third-order valence-corrected chi connectivity index (χ3v) is 2.23. The molecule has 4 nitrogen and oxygen atoms in total. The van der Waals surface area contributed by atoms with Gasteiger partial charge >= 0.3 is 6.09 Å². The van der Waals surface area contributed by atoms with E-state index in [9.17, 15) is 4.79 Å². The molecule has 0 heterocycles. The summed E-state index contributed by atoms with van der Waals surface area (Å²) in [4.78, 5) is 11.6. The van der Waals surface area contributed by atoms with Crippen molar-refractivity contribution < 1.29 is 9.53 Å². The van der Waals surface area contributed by atoms with Gasteiger partial charge in [-0.2, -0.15) is 0 Å². The highest BCUT2D eigenvalue weighted by Crippen LogP contribution is 2.20. The molecule has 1 amide bonds. The van der Waals surface area contributed by atoms with E-state index in [1.54, 1.807) is 0 Å². The normalized spacial score (nSPS) is 20.9. The second kappa shape index (κ2) is 4.60. The van der Waals surface area contributed by atoms with Gasteiger partial charge in [0.15, 0.2) is 0 Å². The van der Waals surface area contributed by atoms with Crippen LogP contribution >= 0.6 is 0 Å². The number of allylic oxidation sites excluding steroid dienone is 3. The van der Waals surface area contributed by atoms with Gasteiger partial charge in [-0.1, -0.05) is 13.0 Å². The van der Waals surface area contributed by atoms with Crippen LogP contribution in [0.5, 0.6) is 0 Å². The highest BCUT2D eigenvalue weighted by molar-refractivity contribution is 5.70. The van der Waals surface area contributed by atoms with Crippen molar-refractivity contribution in [1.82, 2.24) is 5.32 Å². The number of ether oxygens (including phenoxy) is 1. The summed E-state index contributed by atoms with van der Waals surface area (Å²) in [7, 11) is 0. The zero-order chi connectivity index (χ0) is 12.3. The monoisotopic (exact) mass is 224 g/mol. The zero-order valence-electron chi connectivity index (χ0n) is 10.3. The van der Waals surface area contributed by atoms with Gasteiger partial charge in [-0.15, -0.1) is 0 Å². The lowest BCUT2D eigenvalue weighted by Crippen LogP contribution is -2.35. The molecule has 0 aliphatic heterocycles. The Morgan fingerprint density at radius 1 is 1.56 bits per heavy atom. The maximum absolute atomic E-state index is 11.6. The van der Waals surface area contributed by atoms with Gasteiger partial charge in [0.1, 0.15) is 5.60 Å². The lowest BCUT2D eigenvalue weighted by Gasteiger charge is -2.24. The minimum Gasteiger partial charge on any atom is -0.444 e. The molecule has 0 radical (unpaired) electrons. The Kier molecular flexibility index (Phi) is 3.62. The smallest absolute Gasteiger partial charge is 0.411 e. The summed E-state index contributed by atoms with van der Waals surface area (Å²) in [6.07, 6.45) is 4.24. The highest BCUT2D eigenvalue weighted by Gasteiger charge is 2.21. The molecule has 90 valence electrons. The first-order chi connectivity index (χ1) is 7.29. The number of amides is 1. The lowest BCUT2D eigenvalue weighted by molar-refractivity contribution is 0.0539. The first kappa shape index (κ1) is 12.6. The van der Waals surface area contributed by atoms with Gasteiger partial charge in [-0.3, -0.25) is 5.32 Å². The summed E-state index contributed by atoms with van der Waals surface area (Å²) in [5.41, 5.74) is 6.66. The molecular weight excluding hydrogens is 204 g/mol. The van der Waals surface area contributed by atoms with E-state index in [0.717, 1.165) is 12.1 Å². The minimum atomic E-state index is -0.493. The predicted octanol–water partition coefficient (Wildman–Crippen LogP) is 2.28. The third-order valence-electron chi connectivity index (χ3n) is 2.23. The van der Waals surface area contributed by atoms with Crippen molar-refractivity contribution in [3.8, 4) is 0 Å². The average molecular weight is 224 g/mol. The van der Waals surface area contributed by atoms with Crippen molar-refractivity contribution >= 4 is 6.09 Å². The summed E-state index contributed by atoms with van der Waals surface area (Å²) in [5.74, 6) is 0.220. The molecule has 1 aliphatic rings. The van der Waals surface area contributed by atoms with Gasteiger partial charge in [-0.05, 0) is 33.3 Å². The molecule has 0 spiro atoms. The number of carbonyl (C=O) groups is 1. The number of nitrogens with one attached hydrogen (secondary N) is 1. The summed E-state index contributed by atoms with van der Waals surface area (Å²) >= 11 is 0. The predicted molar refractivity (Wildman–Crippen MR) is 63.5 cm³/mol. The number of rotatable bonds is 1. The first-order valence-electron chi connectivity index (χ1n) is 5.46. The highest BCUT2D eigenvalue weighted by atomic mass is 16.6. The Morgan fingerprint density at radius 3 is 2.69 bits per heavy atom. The number of nitrogens with two attached hydrogens (primary N) is 1. The van der Waals surface area contributed by atoms with E-state index < -0.39 is 11.7 Å². The summed E-state index contributed by atoms with van der Waals surface area (Å²) in [6.45, 7) is 7.50. The number of alkyl carbamates (subject to hydrolysis) is 1. The molecule has 1 atom stereocenters. The van der Waals surface area contributed by atoms with Crippen LogP contribution in [0.15, 0.2) is 23.5 Å². The quantitative estimate of drug-likeness (QED) is 0.718. The molecule has 3 N–H and O–H groups in total. The summed E-state index contributed by atoms with van der Waals surface area (Å²) in [6, 6.07) is 0. The Bertz CT molecular complexity index is 337. The Labute approximate surface area is 96.5 Å². The minimum absolute atomic E-state index is 0.220. The van der Waals surface area contributed by atoms with Crippen molar-refractivity contribution in [2.24, 2.45) is 11.7 Å². The molecule has 1 unspecified atom stereocenters. The van der Waals surface area contributed by atoms with Crippen molar-refractivity contribution in [3.05, 3.63) is 23.5 Å².